The fourth-order valence-electron chi connectivity index (χ4n) is 0.459. The molecule has 0 unspecified atom stereocenters. The highest BCUT2D eigenvalue weighted by Crippen LogP contribution is 2.16. The Morgan fingerprint density at radius 1 is 1.31 bits per heavy atom. The van der Waals surface area contributed by atoms with Gasteiger partial charge in [0.2, 0.25) is 0 Å². The summed E-state index contributed by atoms with van der Waals surface area (Å²) in [6, 6.07) is 0. The van der Waals surface area contributed by atoms with Gasteiger partial charge in [-0.2, -0.15) is 13.2 Å². The van der Waals surface area contributed by atoms with Crippen molar-refractivity contribution in [2.45, 2.75) is 19.0 Å². The Morgan fingerprint density at radius 3 is 2.23 bits per heavy atom. The van der Waals surface area contributed by atoms with Crippen molar-refractivity contribution in [3.05, 3.63) is 0 Å². The number of nitrogens with two attached hydrogens (primary N) is 1. The minimum absolute atomic E-state index is 0.148. The van der Waals surface area contributed by atoms with Gasteiger partial charge >= 0.3 is 18.1 Å². The summed E-state index contributed by atoms with van der Waals surface area (Å²) in [6.45, 7) is 0.148. The van der Waals surface area contributed by atoms with E-state index in [1.165, 1.54) is 0 Å². The Balaban J connectivity index is 3.86. The van der Waals surface area contributed by atoms with Gasteiger partial charge in [0, 0.05) is 6.42 Å². The van der Waals surface area contributed by atoms with E-state index in [-0.39, 0.29) is 19.4 Å². The molecule has 0 heterocycles. The van der Waals surface area contributed by atoms with Crippen LogP contribution in [-0.4, -0.2) is 24.7 Å². The number of hydrogen-bond acceptors (Lipinski definition) is 4. The van der Waals surface area contributed by atoms with Gasteiger partial charge in [0.15, 0.2) is 0 Å². The molecule has 0 amide bonds. The lowest BCUT2D eigenvalue weighted by Crippen LogP contribution is -2.28. The first kappa shape index (κ1) is 11.9. The van der Waals surface area contributed by atoms with Crippen LogP contribution in [0.1, 0.15) is 12.8 Å². The van der Waals surface area contributed by atoms with Crippen LogP contribution >= 0.6 is 0 Å². The topological polar surface area (TPSA) is 69.4 Å². The zero-order valence-electron chi connectivity index (χ0n) is 6.56. The number of carbonyl (C=O) groups excluding carboxylic acids is 2. The van der Waals surface area contributed by atoms with Crippen LogP contribution in [0.2, 0.25) is 0 Å². The average Bonchev–Trinajstić information content (AvgIpc) is 1.99. The highest BCUT2D eigenvalue weighted by Gasteiger charge is 2.42. The maximum atomic E-state index is 11.5. The molecule has 0 fully saturated rings. The summed E-state index contributed by atoms with van der Waals surface area (Å²) in [6.07, 6.45) is -5.24. The molecule has 0 saturated carbocycles. The van der Waals surface area contributed by atoms with E-state index in [1.807, 2.05) is 0 Å². The lowest BCUT2D eigenvalue weighted by Gasteiger charge is -2.04. The SMILES string of the molecule is NCCCC(=O)OC(=O)C(F)(F)F. The second-order valence-electron chi connectivity index (χ2n) is 2.15. The summed E-state index contributed by atoms with van der Waals surface area (Å²) >= 11 is 0. The Bertz CT molecular complexity index is 202. The normalized spacial score (nSPS) is 11.1. The van der Waals surface area contributed by atoms with E-state index in [2.05, 4.69) is 4.74 Å². The van der Waals surface area contributed by atoms with Gasteiger partial charge in [0.05, 0.1) is 0 Å². The molecule has 0 radical (unpaired) electrons. The Kier molecular flexibility index (Phi) is 4.39. The number of rotatable bonds is 3. The molecule has 4 nitrogen and oxygen atoms in total. The predicted molar refractivity (Wildman–Crippen MR) is 35.4 cm³/mol. The van der Waals surface area contributed by atoms with Crippen LogP contribution in [0.4, 0.5) is 13.2 Å². The van der Waals surface area contributed by atoms with Crippen LogP contribution in [0.3, 0.4) is 0 Å². The summed E-state index contributed by atoms with van der Waals surface area (Å²) < 4.78 is 37.9. The van der Waals surface area contributed by atoms with Gasteiger partial charge in [-0.3, -0.25) is 4.79 Å². The van der Waals surface area contributed by atoms with E-state index in [4.69, 9.17) is 5.73 Å². The molecule has 0 aliphatic heterocycles. The largest absolute Gasteiger partial charge is 0.491 e. The van der Waals surface area contributed by atoms with Gasteiger partial charge in [0.1, 0.15) is 0 Å². The lowest BCUT2D eigenvalue weighted by molar-refractivity contribution is -0.201. The van der Waals surface area contributed by atoms with Crippen molar-refractivity contribution in [2.24, 2.45) is 5.73 Å². The maximum absolute atomic E-state index is 11.5. The summed E-state index contributed by atoms with van der Waals surface area (Å²) in [4.78, 5) is 20.5. The molecule has 0 bridgehead atoms. The smallest absolute Gasteiger partial charge is 0.386 e. The molecule has 2 N–H and O–H groups in total. The molecule has 0 aromatic heterocycles. The van der Waals surface area contributed by atoms with Gasteiger partial charge < -0.3 is 10.5 Å². The van der Waals surface area contributed by atoms with Crippen molar-refractivity contribution in [1.82, 2.24) is 0 Å². The third kappa shape index (κ3) is 5.18. The molecule has 7 heteroatoms. The fraction of sp³-hybridized carbons (Fsp3) is 0.667. The average molecular weight is 199 g/mol. The van der Waals surface area contributed by atoms with Crippen LogP contribution in [0.15, 0.2) is 0 Å². The van der Waals surface area contributed by atoms with E-state index >= 15 is 0 Å². The fourth-order valence-corrected chi connectivity index (χ4v) is 0.459. The molecule has 0 rings (SSSR count). The third-order valence-corrected chi connectivity index (χ3v) is 1.02. The number of alkyl halides is 3. The van der Waals surface area contributed by atoms with E-state index in [1.54, 1.807) is 0 Å². The van der Waals surface area contributed by atoms with E-state index in [0.717, 1.165) is 0 Å². The summed E-state index contributed by atoms with van der Waals surface area (Å²) in [5.41, 5.74) is 4.98. The van der Waals surface area contributed by atoms with Crippen LogP contribution < -0.4 is 5.73 Å². The van der Waals surface area contributed by atoms with Crippen LogP contribution in [0.25, 0.3) is 0 Å². The molecule has 0 aliphatic carbocycles. The minimum Gasteiger partial charge on any atom is -0.386 e. The van der Waals surface area contributed by atoms with Gasteiger partial charge in [-0.1, -0.05) is 0 Å². The van der Waals surface area contributed by atoms with Gasteiger partial charge in [-0.25, -0.2) is 4.79 Å². The molecule has 0 aromatic carbocycles. The second kappa shape index (κ2) is 4.80. The van der Waals surface area contributed by atoms with E-state index < -0.39 is 18.1 Å². The highest BCUT2D eigenvalue weighted by molar-refractivity contribution is 5.88. The molecule has 0 atom stereocenters. The number of hydrogen-bond donors (Lipinski definition) is 1. The highest BCUT2D eigenvalue weighted by atomic mass is 19.4. The van der Waals surface area contributed by atoms with Crippen molar-refractivity contribution in [1.29, 1.82) is 0 Å². The van der Waals surface area contributed by atoms with Gasteiger partial charge in [0.25, 0.3) is 0 Å². The van der Waals surface area contributed by atoms with E-state index in [9.17, 15) is 22.8 Å². The molecular formula is C6H8F3NO3. The number of carbonyl (C=O) groups is 2. The number of esters is 2. The molecular weight excluding hydrogens is 191 g/mol. The zero-order chi connectivity index (χ0) is 10.5. The first-order valence-corrected chi connectivity index (χ1v) is 3.40. The second-order valence-corrected chi connectivity index (χ2v) is 2.15. The van der Waals surface area contributed by atoms with E-state index in [0.29, 0.717) is 0 Å². The standard InChI is InChI=1S/C6H8F3NO3/c7-6(8,9)5(12)13-4(11)2-1-3-10/h1-3,10H2. The van der Waals surface area contributed by atoms with Crippen molar-refractivity contribution in [3.8, 4) is 0 Å². The summed E-state index contributed by atoms with van der Waals surface area (Å²) in [5, 5.41) is 0. The Hall–Kier alpha value is -1.11. The summed E-state index contributed by atoms with van der Waals surface area (Å²) in [5.74, 6) is -3.71. The Morgan fingerprint density at radius 2 is 1.85 bits per heavy atom. The van der Waals surface area contributed by atoms with Crippen molar-refractivity contribution in [2.75, 3.05) is 6.54 Å². The molecule has 0 spiro atoms. The predicted octanol–water partition coefficient (Wildman–Crippen LogP) is 0.357. The van der Waals surface area contributed by atoms with Gasteiger partial charge in [-0.05, 0) is 13.0 Å². The first-order chi connectivity index (χ1) is 5.88. The lowest BCUT2D eigenvalue weighted by atomic mass is 10.3. The number of halogens is 3. The summed E-state index contributed by atoms with van der Waals surface area (Å²) in [7, 11) is 0. The molecule has 0 saturated heterocycles. The van der Waals surface area contributed by atoms with Crippen molar-refractivity contribution >= 4 is 11.9 Å². The van der Waals surface area contributed by atoms with Crippen LogP contribution in [0.5, 0.6) is 0 Å². The maximum Gasteiger partial charge on any atom is 0.491 e. The Labute approximate surface area is 71.8 Å². The molecule has 0 aliphatic rings. The van der Waals surface area contributed by atoms with Crippen molar-refractivity contribution in [3.63, 3.8) is 0 Å². The molecule has 13 heavy (non-hydrogen) atoms. The van der Waals surface area contributed by atoms with Crippen LogP contribution in [0, 0.1) is 0 Å². The van der Waals surface area contributed by atoms with Crippen LogP contribution in [-0.2, 0) is 14.3 Å². The zero-order valence-corrected chi connectivity index (χ0v) is 6.56. The minimum atomic E-state index is -5.13. The first-order valence-electron chi connectivity index (χ1n) is 3.40. The third-order valence-electron chi connectivity index (χ3n) is 1.02. The van der Waals surface area contributed by atoms with Gasteiger partial charge in [-0.15, -0.1) is 0 Å². The quantitative estimate of drug-likeness (QED) is 0.526. The molecule has 0 aromatic rings. The van der Waals surface area contributed by atoms with Crippen molar-refractivity contribution < 1.29 is 27.5 Å². The number of ether oxygens (including phenoxy) is 1. The molecule has 76 valence electrons. The monoisotopic (exact) mass is 199 g/mol.